The lowest BCUT2D eigenvalue weighted by atomic mass is 10.1. The maximum atomic E-state index is 12.0. The van der Waals surface area contributed by atoms with Crippen LogP contribution in [0.15, 0.2) is 11.4 Å². The first-order valence-corrected chi connectivity index (χ1v) is 8.59. The number of rotatable bonds is 3. The predicted molar refractivity (Wildman–Crippen MR) is 83.5 cm³/mol. The largest absolute Gasteiger partial charge is 0.391 e. The molecule has 1 saturated heterocycles. The van der Waals surface area contributed by atoms with Gasteiger partial charge >= 0.3 is 6.03 Å². The van der Waals surface area contributed by atoms with E-state index in [0.717, 1.165) is 45.4 Å². The minimum atomic E-state index is -0.358. The molecule has 21 heavy (non-hydrogen) atoms. The highest BCUT2D eigenvalue weighted by atomic mass is 32.1. The van der Waals surface area contributed by atoms with Gasteiger partial charge in [-0.25, -0.2) is 4.79 Å². The molecule has 2 aliphatic heterocycles. The number of aliphatic hydroxyl groups is 1. The Bertz CT molecular complexity index is 491. The molecule has 0 bridgehead atoms. The molecule has 5 nitrogen and oxygen atoms in total. The normalized spacial score (nSPS) is 22.9. The van der Waals surface area contributed by atoms with E-state index in [1.54, 1.807) is 4.90 Å². The molecule has 3 heterocycles. The number of carbonyl (C=O) groups excluding carboxylic acids is 1. The van der Waals surface area contributed by atoms with Gasteiger partial charge in [0, 0.05) is 44.1 Å². The van der Waals surface area contributed by atoms with Crippen LogP contribution in [0.25, 0.3) is 0 Å². The van der Waals surface area contributed by atoms with Gasteiger partial charge in [0.15, 0.2) is 0 Å². The van der Waals surface area contributed by atoms with Crippen LogP contribution >= 0.6 is 11.3 Å². The van der Waals surface area contributed by atoms with Crippen LogP contribution in [0.5, 0.6) is 0 Å². The van der Waals surface area contributed by atoms with Gasteiger partial charge in [-0.3, -0.25) is 4.90 Å². The minimum Gasteiger partial charge on any atom is -0.391 e. The third-order valence-corrected chi connectivity index (χ3v) is 5.30. The van der Waals surface area contributed by atoms with E-state index in [0.29, 0.717) is 13.1 Å². The smallest absolute Gasteiger partial charge is 0.317 e. The fraction of sp³-hybridized carbons (Fsp3) is 0.667. The molecular formula is C15H23N3O2S. The van der Waals surface area contributed by atoms with Crippen molar-refractivity contribution in [1.82, 2.24) is 15.1 Å². The highest BCUT2D eigenvalue weighted by Gasteiger charge is 2.22. The zero-order valence-electron chi connectivity index (χ0n) is 12.3. The number of β-amino-alcohol motifs (C(OH)–C–C–N with tert-alkyl or cyclic N) is 1. The molecule has 0 radical (unpaired) electrons. The summed E-state index contributed by atoms with van der Waals surface area (Å²) < 4.78 is 0. The standard InChI is InChI=1S/C15H23N3O2S/c19-13-2-1-6-18(11-13)15(20)16-5-8-17-7-3-14-12(10-17)4-9-21-14/h4,9,13,19H,1-3,5-8,10-11H2,(H,16,20). The molecule has 1 fully saturated rings. The van der Waals surface area contributed by atoms with Crippen molar-refractivity contribution in [2.45, 2.75) is 31.9 Å². The first-order chi connectivity index (χ1) is 10.2. The topological polar surface area (TPSA) is 55.8 Å². The Morgan fingerprint density at radius 2 is 2.38 bits per heavy atom. The van der Waals surface area contributed by atoms with Crippen LogP contribution < -0.4 is 5.32 Å². The first-order valence-electron chi connectivity index (χ1n) is 7.71. The molecule has 1 aromatic heterocycles. The van der Waals surface area contributed by atoms with Crippen LogP contribution in [0, 0.1) is 0 Å². The number of amides is 2. The van der Waals surface area contributed by atoms with Gasteiger partial charge in [0.05, 0.1) is 6.10 Å². The summed E-state index contributed by atoms with van der Waals surface area (Å²) >= 11 is 1.85. The summed E-state index contributed by atoms with van der Waals surface area (Å²) in [5.41, 5.74) is 1.44. The number of nitrogens with one attached hydrogen (secondary N) is 1. The summed E-state index contributed by atoms with van der Waals surface area (Å²) in [6, 6.07) is 2.17. The molecule has 2 N–H and O–H groups in total. The molecule has 1 aromatic rings. The summed E-state index contributed by atoms with van der Waals surface area (Å²) in [5.74, 6) is 0. The second-order valence-electron chi connectivity index (χ2n) is 5.87. The molecule has 6 heteroatoms. The van der Waals surface area contributed by atoms with Gasteiger partial charge in [-0.1, -0.05) is 0 Å². The van der Waals surface area contributed by atoms with Gasteiger partial charge in [0.1, 0.15) is 0 Å². The van der Waals surface area contributed by atoms with Crippen LogP contribution in [-0.4, -0.2) is 59.8 Å². The van der Waals surface area contributed by atoms with E-state index < -0.39 is 0 Å². The quantitative estimate of drug-likeness (QED) is 0.884. The van der Waals surface area contributed by atoms with Crippen LogP contribution in [-0.2, 0) is 13.0 Å². The maximum Gasteiger partial charge on any atom is 0.317 e. The van der Waals surface area contributed by atoms with Crippen molar-refractivity contribution in [3.8, 4) is 0 Å². The van der Waals surface area contributed by atoms with Crippen LogP contribution in [0.4, 0.5) is 4.79 Å². The summed E-state index contributed by atoms with van der Waals surface area (Å²) in [7, 11) is 0. The Labute approximate surface area is 129 Å². The number of urea groups is 1. The first kappa shape index (κ1) is 14.8. The van der Waals surface area contributed by atoms with E-state index in [1.807, 2.05) is 11.3 Å². The lowest BCUT2D eigenvalue weighted by Gasteiger charge is -2.31. The van der Waals surface area contributed by atoms with Gasteiger partial charge < -0.3 is 15.3 Å². The van der Waals surface area contributed by atoms with Gasteiger partial charge in [0.25, 0.3) is 0 Å². The second kappa shape index (κ2) is 6.77. The summed E-state index contributed by atoms with van der Waals surface area (Å²) in [6.07, 6.45) is 2.46. The summed E-state index contributed by atoms with van der Waals surface area (Å²) in [6.45, 7) is 4.85. The molecule has 0 aliphatic carbocycles. The maximum absolute atomic E-state index is 12.0. The number of aliphatic hydroxyl groups excluding tert-OH is 1. The predicted octanol–water partition coefficient (Wildman–Crippen LogP) is 1.27. The Kier molecular flexibility index (Phi) is 4.77. The number of likely N-dealkylation sites (tertiary alicyclic amines) is 1. The van der Waals surface area contributed by atoms with Crippen molar-refractivity contribution in [3.63, 3.8) is 0 Å². The summed E-state index contributed by atoms with van der Waals surface area (Å²) in [4.78, 5) is 17.7. The molecule has 0 spiro atoms. The highest BCUT2D eigenvalue weighted by Crippen LogP contribution is 2.23. The molecule has 2 aliphatic rings. The van der Waals surface area contributed by atoms with E-state index >= 15 is 0 Å². The van der Waals surface area contributed by atoms with E-state index in [4.69, 9.17) is 0 Å². The van der Waals surface area contributed by atoms with Gasteiger partial charge in [-0.2, -0.15) is 0 Å². The summed E-state index contributed by atoms with van der Waals surface area (Å²) in [5, 5.41) is 14.7. The van der Waals surface area contributed by atoms with Crippen molar-refractivity contribution in [3.05, 3.63) is 21.9 Å². The molecule has 116 valence electrons. The van der Waals surface area contributed by atoms with E-state index in [1.165, 1.54) is 10.4 Å². The van der Waals surface area contributed by atoms with Crippen molar-refractivity contribution >= 4 is 17.4 Å². The molecule has 0 saturated carbocycles. The number of nitrogens with zero attached hydrogens (tertiary/aromatic N) is 2. The molecule has 3 rings (SSSR count). The average Bonchev–Trinajstić information content (AvgIpc) is 2.94. The van der Waals surface area contributed by atoms with Crippen LogP contribution in [0.2, 0.25) is 0 Å². The fourth-order valence-corrected chi connectivity index (χ4v) is 3.96. The van der Waals surface area contributed by atoms with Gasteiger partial charge in [0.2, 0.25) is 0 Å². The van der Waals surface area contributed by atoms with E-state index in [2.05, 4.69) is 21.7 Å². The average molecular weight is 309 g/mol. The number of carbonyl (C=O) groups is 1. The number of hydrogen-bond donors (Lipinski definition) is 2. The third-order valence-electron chi connectivity index (χ3n) is 4.27. The Balaban J connectivity index is 1.39. The Hall–Kier alpha value is -1.11. The number of hydrogen-bond acceptors (Lipinski definition) is 4. The highest BCUT2D eigenvalue weighted by molar-refractivity contribution is 7.10. The minimum absolute atomic E-state index is 0.0398. The van der Waals surface area contributed by atoms with Gasteiger partial charge in [-0.05, 0) is 36.3 Å². The lowest BCUT2D eigenvalue weighted by Crippen LogP contribution is -2.48. The third kappa shape index (κ3) is 3.75. The molecule has 1 atom stereocenters. The zero-order valence-corrected chi connectivity index (χ0v) is 13.1. The number of thiophene rings is 1. The van der Waals surface area contributed by atoms with Crippen molar-refractivity contribution in [2.24, 2.45) is 0 Å². The Morgan fingerprint density at radius 3 is 3.24 bits per heavy atom. The molecule has 0 aromatic carbocycles. The van der Waals surface area contributed by atoms with Crippen LogP contribution in [0.3, 0.4) is 0 Å². The van der Waals surface area contributed by atoms with E-state index in [-0.39, 0.29) is 12.1 Å². The number of fused-ring (bicyclic) bond motifs is 1. The molecule has 1 unspecified atom stereocenters. The van der Waals surface area contributed by atoms with Gasteiger partial charge in [-0.15, -0.1) is 11.3 Å². The SMILES string of the molecule is O=C(NCCN1CCc2sccc2C1)N1CCCC(O)C1. The van der Waals surface area contributed by atoms with Crippen molar-refractivity contribution in [2.75, 3.05) is 32.7 Å². The lowest BCUT2D eigenvalue weighted by molar-refractivity contribution is 0.0840. The zero-order chi connectivity index (χ0) is 14.7. The van der Waals surface area contributed by atoms with Crippen LogP contribution in [0.1, 0.15) is 23.3 Å². The second-order valence-corrected chi connectivity index (χ2v) is 6.87. The monoisotopic (exact) mass is 309 g/mol. The number of piperidine rings is 1. The van der Waals surface area contributed by atoms with Crippen molar-refractivity contribution < 1.29 is 9.90 Å². The molecular weight excluding hydrogens is 286 g/mol. The fourth-order valence-electron chi connectivity index (χ4n) is 3.07. The van der Waals surface area contributed by atoms with E-state index in [9.17, 15) is 9.90 Å². The van der Waals surface area contributed by atoms with Crippen molar-refractivity contribution in [1.29, 1.82) is 0 Å². The molecule has 2 amide bonds. The Morgan fingerprint density at radius 1 is 1.48 bits per heavy atom.